The molecule has 0 N–H and O–H groups in total. The predicted molar refractivity (Wildman–Crippen MR) is 54.1 cm³/mol. The Morgan fingerprint density at radius 3 is 2.86 bits per heavy atom. The fourth-order valence-corrected chi connectivity index (χ4v) is 2.45. The average Bonchev–Trinajstić information content (AvgIpc) is 2.85. The lowest BCUT2D eigenvalue weighted by Gasteiger charge is -2.32. The monoisotopic (exact) mass is 201 g/mol. The normalized spacial score (nSPS) is 31.7. The molecule has 2 fully saturated rings. The minimum Gasteiger partial charge on any atom is -0.384 e. The molecule has 82 valence electrons. The second-order valence-corrected chi connectivity index (χ2v) is 4.91. The molecule has 0 spiro atoms. The Labute approximate surface area is 85.4 Å². The molecule has 0 aromatic carbocycles. The number of piperidine rings is 1. The minimum atomic E-state index is -0.595. The van der Waals surface area contributed by atoms with Gasteiger partial charge in [-0.15, -0.1) is 0 Å². The maximum atomic E-state index is 13.1. The molecule has 1 aliphatic carbocycles. The highest BCUT2D eigenvalue weighted by atomic mass is 19.1. The molecule has 1 aliphatic heterocycles. The number of ether oxygens (including phenoxy) is 1. The SMILES string of the molecule is COCC1(CN2CCC[C@@H](F)C2)CC1. The summed E-state index contributed by atoms with van der Waals surface area (Å²) >= 11 is 0. The molecule has 2 rings (SSSR count). The molecule has 1 atom stereocenters. The predicted octanol–water partition coefficient (Wildman–Crippen LogP) is 1.85. The second-order valence-electron chi connectivity index (χ2n) is 4.91. The zero-order chi connectivity index (χ0) is 10.0. The maximum absolute atomic E-state index is 13.1. The van der Waals surface area contributed by atoms with Gasteiger partial charge in [-0.2, -0.15) is 0 Å². The molecular formula is C11H20FNO. The Morgan fingerprint density at radius 2 is 2.29 bits per heavy atom. The quantitative estimate of drug-likeness (QED) is 0.688. The number of hydrogen-bond donors (Lipinski definition) is 0. The van der Waals surface area contributed by atoms with Gasteiger partial charge in [0.2, 0.25) is 0 Å². The van der Waals surface area contributed by atoms with Gasteiger partial charge in [0, 0.05) is 25.6 Å². The van der Waals surface area contributed by atoms with Crippen molar-refractivity contribution in [1.29, 1.82) is 0 Å². The van der Waals surface area contributed by atoms with Gasteiger partial charge in [-0.25, -0.2) is 4.39 Å². The van der Waals surface area contributed by atoms with Crippen LogP contribution in [0.1, 0.15) is 25.7 Å². The summed E-state index contributed by atoms with van der Waals surface area (Å²) in [6.07, 6.45) is 3.70. The van der Waals surface area contributed by atoms with E-state index >= 15 is 0 Å². The summed E-state index contributed by atoms with van der Waals surface area (Å²) in [7, 11) is 1.76. The van der Waals surface area contributed by atoms with E-state index in [0.717, 1.165) is 32.5 Å². The Kier molecular flexibility index (Phi) is 3.07. The van der Waals surface area contributed by atoms with E-state index in [1.54, 1.807) is 7.11 Å². The van der Waals surface area contributed by atoms with Gasteiger partial charge in [-0.05, 0) is 32.2 Å². The van der Waals surface area contributed by atoms with Crippen LogP contribution < -0.4 is 0 Å². The number of hydrogen-bond acceptors (Lipinski definition) is 2. The van der Waals surface area contributed by atoms with Gasteiger partial charge in [0.1, 0.15) is 6.17 Å². The molecular weight excluding hydrogens is 181 g/mol. The van der Waals surface area contributed by atoms with Crippen LogP contribution in [0, 0.1) is 5.41 Å². The summed E-state index contributed by atoms with van der Waals surface area (Å²) in [5.74, 6) is 0. The second kappa shape index (κ2) is 4.15. The highest BCUT2D eigenvalue weighted by molar-refractivity contribution is 4.96. The summed E-state index contributed by atoms with van der Waals surface area (Å²) in [6, 6.07) is 0. The third-order valence-electron chi connectivity index (χ3n) is 3.41. The number of methoxy groups -OCH3 is 1. The van der Waals surface area contributed by atoms with Crippen LogP contribution in [-0.4, -0.2) is 44.4 Å². The largest absolute Gasteiger partial charge is 0.384 e. The van der Waals surface area contributed by atoms with E-state index in [1.165, 1.54) is 12.8 Å². The number of rotatable bonds is 4. The van der Waals surface area contributed by atoms with Crippen LogP contribution in [0.4, 0.5) is 4.39 Å². The van der Waals surface area contributed by atoms with E-state index in [0.29, 0.717) is 12.0 Å². The van der Waals surface area contributed by atoms with Gasteiger partial charge in [0.05, 0.1) is 6.61 Å². The van der Waals surface area contributed by atoms with E-state index in [4.69, 9.17) is 4.74 Å². The number of likely N-dealkylation sites (tertiary alicyclic amines) is 1. The Balaban J connectivity index is 1.79. The number of alkyl halides is 1. The third-order valence-corrected chi connectivity index (χ3v) is 3.41. The molecule has 1 saturated heterocycles. The van der Waals surface area contributed by atoms with E-state index in [-0.39, 0.29) is 0 Å². The van der Waals surface area contributed by atoms with E-state index in [2.05, 4.69) is 4.90 Å². The summed E-state index contributed by atoms with van der Waals surface area (Å²) in [5.41, 5.74) is 0.381. The van der Waals surface area contributed by atoms with Crippen molar-refractivity contribution < 1.29 is 9.13 Å². The Bertz CT molecular complexity index is 194. The van der Waals surface area contributed by atoms with Crippen molar-refractivity contribution in [2.45, 2.75) is 31.9 Å². The molecule has 0 radical (unpaired) electrons. The molecule has 0 aromatic rings. The van der Waals surface area contributed by atoms with Crippen LogP contribution >= 0.6 is 0 Å². The number of halogens is 1. The fraction of sp³-hybridized carbons (Fsp3) is 1.00. The summed E-state index contributed by atoms with van der Waals surface area (Å²) < 4.78 is 18.4. The van der Waals surface area contributed by atoms with Crippen LogP contribution in [0.2, 0.25) is 0 Å². The molecule has 0 amide bonds. The standard InChI is InChI=1S/C11H20FNO/c1-14-9-11(4-5-11)8-13-6-2-3-10(12)7-13/h10H,2-9H2,1H3/t10-/m1/s1. The third kappa shape index (κ3) is 2.45. The van der Waals surface area contributed by atoms with Crippen molar-refractivity contribution in [3.8, 4) is 0 Å². The zero-order valence-corrected chi connectivity index (χ0v) is 8.97. The van der Waals surface area contributed by atoms with Gasteiger partial charge < -0.3 is 4.74 Å². The molecule has 0 bridgehead atoms. The zero-order valence-electron chi connectivity index (χ0n) is 8.97. The van der Waals surface area contributed by atoms with Crippen molar-refractivity contribution >= 4 is 0 Å². The molecule has 1 heterocycles. The molecule has 14 heavy (non-hydrogen) atoms. The first kappa shape index (κ1) is 10.4. The Morgan fingerprint density at radius 1 is 1.50 bits per heavy atom. The smallest absolute Gasteiger partial charge is 0.113 e. The minimum absolute atomic E-state index is 0.381. The molecule has 1 saturated carbocycles. The van der Waals surface area contributed by atoms with E-state index in [9.17, 15) is 4.39 Å². The lowest BCUT2D eigenvalue weighted by molar-refractivity contribution is 0.0771. The van der Waals surface area contributed by atoms with Crippen LogP contribution in [0.15, 0.2) is 0 Å². The van der Waals surface area contributed by atoms with Crippen LogP contribution in [0.5, 0.6) is 0 Å². The lowest BCUT2D eigenvalue weighted by Crippen LogP contribution is -2.40. The van der Waals surface area contributed by atoms with Crippen molar-refractivity contribution in [2.75, 3.05) is 33.4 Å². The maximum Gasteiger partial charge on any atom is 0.113 e. The topological polar surface area (TPSA) is 12.5 Å². The highest BCUT2D eigenvalue weighted by Gasteiger charge is 2.44. The van der Waals surface area contributed by atoms with Gasteiger partial charge in [0.25, 0.3) is 0 Å². The first-order valence-electron chi connectivity index (χ1n) is 5.59. The van der Waals surface area contributed by atoms with Gasteiger partial charge in [-0.1, -0.05) is 0 Å². The van der Waals surface area contributed by atoms with Gasteiger partial charge >= 0.3 is 0 Å². The fourth-order valence-electron chi connectivity index (χ4n) is 2.45. The first-order valence-corrected chi connectivity index (χ1v) is 5.59. The van der Waals surface area contributed by atoms with Crippen LogP contribution in [0.25, 0.3) is 0 Å². The van der Waals surface area contributed by atoms with E-state index in [1.807, 2.05) is 0 Å². The van der Waals surface area contributed by atoms with Crippen molar-refractivity contribution in [3.05, 3.63) is 0 Å². The molecule has 0 unspecified atom stereocenters. The van der Waals surface area contributed by atoms with Crippen molar-refractivity contribution in [2.24, 2.45) is 5.41 Å². The molecule has 3 heteroatoms. The lowest BCUT2D eigenvalue weighted by atomic mass is 10.0. The summed E-state index contributed by atoms with van der Waals surface area (Å²) in [5, 5.41) is 0. The Hall–Kier alpha value is -0.150. The first-order chi connectivity index (χ1) is 6.74. The molecule has 0 aromatic heterocycles. The highest BCUT2D eigenvalue weighted by Crippen LogP contribution is 2.46. The summed E-state index contributed by atoms with van der Waals surface area (Å²) in [4.78, 5) is 2.28. The van der Waals surface area contributed by atoms with Gasteiger partial charge in [0.15, 0.2) is 0 Å². The molecule has 2 aliphatic rings. The average molecular weight is 201 g/mol. The van der Waals surface area contributed by atoms with Crippen molar-refractivity contribution in [1.82, 2.24) is 4.90 Å². The van der Waals surface area contributed by atoms with Crippen molar-refractivity contribution in [3.63, 3.8) is 0 Å². The van der Waals surface area contributed by atoms with Crippen LogP contribution in [-0.2, 0) is 4.74 Å². The number of nitrogens with zero attached hydrogens (tertiary/aromatic N) is 1. The van der Waals surface area contributed by atoms with Crippen LogP contribution in [0.3, 0.4) is 0 Å². The van der Waals surface area contributed by atoms with Gasteiger partial charge in [-0.3, -0.25) is 4.90 Å². The van der Waals surface area contributed by atoms with E-state index < -0.39 is 6.17 Å². The summed E-state index contributed by atoms with van der Waals surface area (Å²) in [6.45, 7) is 3.61. The molecule has 2 nitrogen and oxygen atoms in total.